The Labute approximate surface area is 228 Å². The molecule has 1 amide bonds. The number of carbonyl (C=O) groups excluding carboxylic acids is 1. The molecule has 0 saturated heterocycles. The number of ether oxygens (including phenoxy) is 1. The number of benzene rings is 2. The summed E-state index contributed by atoms with van der Waals surface area (Å²) < 4.78 is 4.25. The Morgan fingerprint density at radius 1 is 1.11 bits per heavy atom. The highest BCUT2D eigenvalue weighted by atomic mass is 16.4. The van der Waals surface area contributed by atoms with Gasteiger partial charge in [-0.2, -0.15) is 0 Å². The molecule has 1 heterocycles. The van der Waals surface area contributed by atoms with Crippen LogP contribution in [-0.4, -0.2) is 51.3 Å². The van der Waals surface area contributed by atoms with Crippen LogP contribution in [0.25, 0.3) is 5.57 Å². The zero-order chi connectivity index (χ0) is 27.8. The monoisotopic (exact) mass is 519 g/mol. The zero-order valence-electron chi connectivity index (χ0n) is 23.6. The third-order valence-corrected chi connectivity index (χ3v) is 6.11. The standard InChI is InChI=1S/C27H33N5O.C2H6O.C2H6/c1-20(33)31-25-9-5-6-21(14-25)12-13-32(18-26-17-29-19-30-26)27-11-10-23(15-24(27)16-28)22-7-3-2-4-8-22;1-3-2;1-2/h2-11,14,17,24,29-30H,12-13,15-16,18-19,28H2,1H3,(H,31,33);1-2H3;1-2H3. The number of methoxy groups -OCH3 is 1. The SMILES string of the molecule is CC.CC(=O)Nc1cccc(CCN(CC2=CNCN2)C2=CC=C(c3ccccc3)CC2CN)c1.COC. The van der Waals surface area contributed by atoms with Crippen molar-refractivity contribution in [1.29, 1.82) is 0 Å². The van der Waals surface area contributed by atoms with Crippen LogP contribution in [0.3, 0.4) is 0 Å². The Balaban J connectivity index is 0.000000947. The topological polar surface area (TPSA) is 91.7 Å². The molecule has 206 valence electrons. The van der Waals surface area contributed by atoms with Crippen LogP contribution in [0, 0.1) is 5.92 Å². The second-order valence-electron chi connectivity index (χ2n) is 8.97. The minimum absolute atomic E-state index is 0.0559. The highest BCUT2D eigenvalue weighted by Crippen LogP contribution is 2.33. The molecular weight excluding hydrogens is 474 g/mol. The second-order valence-corrected chi connectivity index (χ2v) is 8.97. The van der Waals surface area contributed by atoms with Crippen molar-refractivity contribution in [3.05, 3.63) is 95.5 Å². The quantitative estimate of drug-likeness (QED) is 0.383. The lowest BCUT2D eigenvalue weighted by Gasteiger charge is -2.35. The first-order valence-corrected chi connectivity index (χ1v) is 13.4. The molecule has 38 heavy (non-hydrogen) atoms. The van der Waals surface area contributed by atoms with Gasteiger partial charge in [0.1, 0.15) is 0 Å². The van der Waals surface area contributed by atoms with Crippen molar-refractivity contribution in [3.8, 4) is 0 Å². The van der Waals surface area contributed by atoms with E-state index in [4.69, 9.17) is 5.73 Å². The van der Waals surface area contributed by atoms with Crippen LogP contribution in [-0.2, 0) is 16.0 Å². The number of hydrogen-bond acceptors (Lipinski definition) is 6. The van der Waals surface area contributed by atoms with E-state index in [2.05, 4.69) is 80.3 Å². The fourth-order valence-corrected chi connectivity index (χ4v) is 4.46. The van der Waals surface area contributed by atoms with Crippen LogP contribution < -0.4 is 21.7 Å². The Bertz CT molecular complexity index is 1080. The first kappa shape index (κ1) is 30.7. The van der Waals surface area contributed by atoms with Gasteiger partial charge in [-0.15, -0.1) is 0 Å². The van der Waals surface area contributed by atoms with E-state index in [9.17, 15) is 4.79 Å². The summed E-state index contributed by atoms with van der Waals surface area (Å²) in [4.78, 5) is 13.9. The van der Waals surface area contributed by atoms with Gasteiger partial charge < -0.3 is 31.3 Å². The average molecular weight is 520 g/mol. The van der Waals surface area contributed by atoms with Gasteiger partial charge in [-0.25, -0.2) is 0 Å². The maximum atomic E-state index is 11.4. The lowest BCUT2D eigenvalue weighted by molar-refractivity contribution is -0.114. The van der Waals surface area contributed by atoms with E-state index in [0.29, 0.717) is 6.54 Å². The molecule has 2 aliphatic rings. The lowest BCUT2D eigenvalue weighted by atomic mass is 9.86. The van der Waals surface area contributed by atoms with E-state index < -0.39 is 0 Å². The van der Waals surface area contributed by atoms with Gasteiger partial charge in [-0.05, 0) is 47.8 Å². The van der Waals surface area contributed by atoms with Gasteiger partial charge in [-0.1, -0.05) is 62.4 Å². The van der Waals surface area contributed by atoms with Gasteiger partial charge in [0.05, 0.1) is 13.2 Å². The number of rotatable bonds is 9. The number of anilines is 1. The number of carbonyl (C=O) groups is 1. The summed E-state index contributed by atoms with van der Waals surface area (Å²) in [7, 11) is 3.25. The van der Waals surface area contributed by atoms with Crippen molar-refractivity contribution < 1.29 is 9.53 Å². The molecule has 2 aromatic carbocycles. The van der Waals surface area contributed by atoms with Crippen LogP contribution in [0.1, 0.15) is 38.3 Å². The zero-order valence-corrected chi connectivity index (χ0v) is 23.6. The average Bonchev–Trinajstić information content (AvgIpc) is 3.46. The third kappa shape index (κ3) is 9.72. The molecule has 0 spiro atoms. The molecule has 0 aromatic heterocycles. The van der Waals surface area contributed by atoms with Crippen molar-refractivity contribution in [2.75, 3.05) is 45.8 Å². The van der Waals surface area contributed by atoms with Crippen molar-refractivity contribution in [2.24, 2.45) is 11.7 Å². The lowest BCUT2D eigenvalue weighted by Crippen LogP contribution is -2.36. The number of hydrogen-bond donors (Lipinski definition) is 4. The maximum Gasteiger partial charge on any atom is 0.221 e. The molecule has 7 heteroatoms. The molecule has 0 radical (unpaired) electrons. The Morgan fingerprint density at radius 3 is 2.47 bits per heavy atom. The Hall–Kier alpha value is -3.55. The van der Waals surface area contributed by atoms with Gasteiger partial charge in [0.15, 0.2) is 0 Å². The summed E-state index contributed by atoms with van der Waals surface area (Å²) in [6, 6.07) is 18.6. The first-order chi connectivity index (χ1) is 18.5. The van der Waals surface area contributed by atoms with E-state index in [1.165, 1.54) is 35.0 Å². The molecule has 4 rings (SSSR count). The van der Waals surface area contributed by atoms with Crippen LogP contribution in [0.4, 0.5) is 5.69 Å². The predicted octanol–water partition coefficient (Wildman–Crippen LogP) is 4.72. The Morgan fingerprint density at radius 2 is 1.84 bits per heavy atom. The van der Waals surface area contributed by atoms with Gasteiger partial charge in [0.2, 0.25) is 5.91 Å². The highest BCUT2D eigenvalue weighted by Gasteiger charge is 2.24. The predicted molar refractivity (Wildman–Crippen MR) is 159 cm³/mol. The first-order valence-electron chi connectivity index (χ1n) is 13.4. The third-order valence-electron chi connectivity index (χ3n) is 6.11. The van der Waals surface area contributed by atoms with Gasteiger partial charge >= 0.3 is 0 Å². The summed E-state index contributed by atoms with van der Waals surface area (Å²) in [5.74, 6) is 0.213. The summed E-state index contributed by atoms with van der Waals surface area (Å²) in [6.45, 7) is 8.56. The summed E-state index contributed by atoms with van der Waals surface area (Å²) in [6.07, 6.45) is 8.36. The molecule has 1 atom stereocenters. The number of nitrogens with zero attached hydrogens (tertiary/aromatic N) is 1. The van der Waals surface area contributed by atoms with Crippen LogP contribution in [0.5, 0.6) is 0 Å². The molecule has 0 saturated carbocycles. The van der Waals surface area contributed by atoms with E-state index in [0.717, 1.165) is 38.3 Å². The van der Waals surface area contributed by atoms with E-state index in [1.54, 1.807) is 14.2 Å². The number of allylic oxidation sites excluding steroid dienone is 3. The summed E-state index contributed by atoms with van der Waals surface area (Å²) in [5, 5.41) is 9.52. The minimum atomic E-state index is -0.0559. The second kappa shape index (κ2) is 17.1. The van der Waals surface area contributed by atoms with Crippen molar-refractivity contribution >= 4 is 17.2 Å². The van der Waals surface area contributed by atoms with Crippen molar-refractivity contribution in [2.45, 2.75) is 33.6 Å². The molecule has 7 nitrogen and oxygen atoms in total. The summed E-state index contributed by atoms with van der Waals surface area (Å²) >= 11 is 0. The molecule has 2 aromatic rings. The molecular formula is C31H45N5O2. The van der Waals surface area contributed by atoms with E-state index in [1.807, 2.05) is 32.0 Å². The highest BCUT2D eigenvalue weighted by molar-refractivity contribution is 5.88. The normalized spacial score (nSPS) is 15.6. The van der Waals surface area contributed by atoms with Gasteiger partial charge in [0.25, 0.3) is 0 Å². The molecule has 0 fully saturated rings. The van der Waals surface area contributed by atoms with E-state index in [-0.39, 0.29) is 11.8 Å². The smallest absolute Gasteiger partial charge is 0.221 e. The van der Waals surface area contributed by atoms with Crippen LogP contribution >= 0.6 is 0 Å². The largest absolute Gasteiger partial charge is 0.388 e. The minimum Gasteiger partial charge on any atom is -0.388 e. The number of nitrogens with one attached hydrogen (secondary N) is 3. The maximum absolute atomic E-state index is 11.4. The fraction of sp³-hybridized carbons (Fsp3) is 0.387. The van der Waals surface area contributed by atoms with Gasteiger partial charge in [0, 0.05) is 63.4 Å². The number of nitrogens with two attached hydrogens (primary N) is 1. The number of amides is 1. The molecule has 0 bridgehead atoms. The Kier molecular flexibility index (Phi) is 13.8. The molecule has 1 unspecified atom stereocenters. The fourth-order valence-electron chi connectivity index (χ4n) is 4.46. The van der Waals surface area contributed by atoms with Crippen molar-refractivity contribution in [3.63, 3.8) is 0 Å². The van der Waals surface area contributed by atoms with Crippen LogP contribution in [0.2, 0.25) is 0 Å². The van der Waals surface area contributed by atoms with Gasteiger partial charge in [-0.3, -0.25) is 4.79 Å². The molecule has 1 aliphatic heterocycles. The van der Waals surface area contributed by atoms with Crippen LogP contribution in [0.15, 0.2) is 84.3 Å². The molecule has 5 N–H and O–H groups in total. The summed E-state index contributed by atoms with van der Waals surface area (Å²) in [5.41, 5.74) is 13.4. The van der Waals surface area contributed by atoms with E-state index >= 15 is 0 Å². The van der Waals surface area contributed by atoms with Crippen molar-refractivity contribution in [1.82, 2.24) is 15.5 Å². The molecule has 1 aliphatic carbocycles.